The molecule has 0 radical (unpaired) electrons. The molecular weight excluding hydrogens is 294 g/mol. The molecule has 22 heavy (non-hydrogen) atoms. The number of rotatable bonds is 6. The van der Waals surface area contributed by atoms with Crippen molar-refractivity contribution in [1.29, 1.82) is 0 Å². The lowest BCUT2D eigenvalue weighted by molar-refractivity contribution is 0.309. The number of ether oxygens (including phenoxy) is 1. The average Bonchev–Trinajstić information content (AvgIpc) is 2.85. The van der Waals surface area contributed by atoms with Gasteiger partial charge in [0.05, 0.1) is 23.2 Å². The Morgan fingerprint density at radius 1 is 1.14 bits per heavy atom. The smallest absolute Gasteiger partial charge is 0.268 e. The molecule has 0 aliphatic rings. The van der Waals surface area contributed by atoms with Crippen LogP contribution in [0.5, 0.6) is 5.75 Å². The van der Waals surface area contributed by atoms with E-state index in [1.165, 1.54) is 11.5 Å². The summed E-state index contributed by atoms with van der Waals surface area (Å²) in [5.41, 5.74) is 1.17. The van der Waals surface area contributed by atoms with Crippen molar-refractivity contribution in [2.24, 2.45) is 0 Å². The highest BCUT2D eigenvalue weighted by molar-refractivity contribution is 7.13. The fraction of sp³-hybridized carbons (Fsp3) is 0.278. The maximum atomic E-state index is 12.4. The highest BCUT2D eigenvalue weighted by atomic mass is 32.1. The molecule has 1 heterocycles. The van der Waals surface area contributed by atoms with Gasteiger partial charge in [0.15, 0.2) is 0 Å². The Bertz CT molecular complexity index is 819. The molecule has 2 aromatic carbocycles. The average molecular weight is 313 g/mol. The first-order valence-electron chi connectivity index (χ1n) is 7.58. The molecule has 0 amide bonds. The summed E-state index contributed by atoms with van der Waals surface area (Å²) in [5.74, 6) is 0.875. The van der Waals surface area contributed by atoms with Gasteiger partial charge < -0.3 is 4.74 Å². The van der Waals surface area contributed by atoms with Gasteiger partial charge in [-0.1, -0.05) is 49.1 Å². The Morgan fingerprint density at radius 3 is 2.82 bits per heavy atom. The summed E-state index contributed by atoms with van der Waals surface area (Å²) in [6, 6.07) is 15.7. The first kappa shape index (κ1) is 14.9. The Kier molecular flexibility index (Phi) is 4.59. The fourth-order valence-corrected chi connectivity index (χ4v) is 3.38. The SMILES string of the molecule is CCCCOc1cccc(Cn2sc3ccccc3c2=O)c1. The Hall–Kier alpha value is -2.07. The van der Waals surface area contributed by atoms with E-state index < -0.39 is 0 Å². The van der Waals surface area contributed by atoms with Crippen LogP contribution in [-0.4, -0.2) is 10.6 Å². The molecule has 0 N–H and O–H groups in total. The van der Waals surface area contributed by atoms with Gasteiger partial charge in [0, 0.05) is 0 Å². The molecule has 114 valence electrons. The highest BCUT2D eigenvalue weighted by Crippen LogP contribution is 2.19. The van der Waals surface area contributed by atoms with Crippen LogP contribution in [-0.2, 0) is 6.54 Å². The van der Waals surface area contributed by atoms with Gasteiger partial charge in [0.2, 0.25) is 0 Å². The second-order valence-corrected chi connectivity index (χ2v) is 6.34. The van der Waals surface area contributed by atoms with Crippen LogP contribution in [0.15, 0.2) is 53.3 Å². The number of fused-ring (bicyclic) bond motifs is 1. The summed E-state index contributed by atoms with van der Waals surface area (Å²) in [5, 5.41) is 0.794. The van der Waals surface area contributed by atoms with E-state index in [4.69, 9.17) is 4.74 Å². The van der Waals surface area contributed by atoms with Crippen molar-refractivity contribution in [3.8, 4) is 5.75 Å². The second kappa shape index (κ2) is 6.79. The molecule has 0 bridgehead atoms. The minimum atomic E-state index is 0.0814. The highest BCUT2D eigenvalue weighted by Gasteiger charge is 2.07. The van der Waals surface area contributed by atoms with E-state index in [1.807, 2.05) is 48.5 Å². The first-order chi connectivity index (χ1) is 10.8. The summed E-state index contributed by atoms with van der Waals surface area (Å²) in [7, 11) is 0. The predicted molar refractivity (Wildman–Crippen MR) is 92.0 cm³/mol. The van der Waals surface area contributed by atoms with Crippen LogP contribution < -0.4 is 10.3 Å². The zero-order valence-electron chi connectivity index (χ0n) is 12.6. The van der Waals surface area contributed by atoms with Crippen LogP contribution in [0.1, 0.15) is 25.3 Å². The van der Waals surface area contributed by atoms with Gasteiger partial charge in [-0.25, -0.2) is 0 Å². The topological polar surface area (TPSA) is 31.2 Å². The molecule has 3 rings (SSSR count). The minimum Gasteiger partial charge on any atom is -0.494 e. The van der Waals surface area contributed by atoms with Gasteiger partial charge in [-0.15, -0.1) is 0 Å². The van der Waals surface area contributed by atoms with Crippen LogP contribution in [0.25, 0.3) is 10.1 Å². The number of nitrogens with zero attached hydrogens (tertiary/aromatic N) is 1. The molecular formula is C18H19NO2S. The Morgan fingerprint density at radius 2 is 2.00 bits per heavy atom. The number of hydrogen-bond donors (Lipinski definition) is 0. The van der Waals surface area contributed by atoms with Crippen molar-refractivity contribution in [3.63, 3.8) is 0 Å². The van der Waals surface area contributed by atoms with Crippen molar-refractivity contribution in [1.82, 2.24) is 3.96 Å². The number of hydrogen-bond acceptors (Lipinski definition) is 3. The number of unbranched alkanes of at least 4 members (excludes halogenated alkanes) is 1. The fourth-order valence-electron chi connectivity index (χ4n) is 2.36. The van der Waals surface area contributed by atoms with Crippen molar-refractivity contribution in [3.05, 3.63) is 64.4 Å². The van der Waals surface area contributed by atoms with Gasteiger partial charge in [0.25, 0.3) is 5.56 Å². The lowest BCUT2D eigenvalue weighted by Gasteiger charge is -2.07. The van der Waals surface area contributed by atoms with E-state index in [2.05, 4.69) is 6.92 Å². The van der Waals surface area contributed by atoms with E-state index >= 15 is 0 Å². The molecule has 0 saturated carbocycles. The normalized spacial score (nSPS) is 11.0. The molecule has 1 aromatic heterocycles. The molecule has 0 saturated heterocycles. The van der Waals surface area contributed by atoms with Crippen molar-refractivity contribution >= 4 is 21.6 Å². The predicted octanol–water partition coefficient (Wildman–Crippen LogP) is 4.29. The number of benzene rings is 2. The van der Waals surface area contributed by atoms with Crippen molar-refractivity contribution < 1.29 is 4.74 Å². The maximum Gasteiger partial charge on any atom is 0.268 e. The molecule has 0 spiro atoms. The van der Waals surface area contributed by atoms with Crippen LogP contribution in [0, 0.1) is 0 Å². The Balaban J connectivity index is 1.81. The minimum absolute atomic E-state index is 0.0814. The Labute approximate surface area is 133 Å². The quantitative estimate of drug-likeness (QED) is 0.636. The summed E-state index contributed by atoms with van der Waals surface area (Å²) < 4.78 is 8.56. The largest absolute Gasteiger partial charge is 0.494 e. The van der Waals surface area contributed by atoms with Crippen LogP contribution in [0.3, 0.4) is 0 Å². The molecule has 0 unspecified atom stereocenters. The molecule has 3 nitrogen and oxygen atoms in total. The summed E-state index contributed by atoms with van der Waals surface area (Å²) in [6.45, 7) is 3.47. The monoisotopic (exact) mass is 313 g/mol. The summed E-state index contributed by atoms with van der Waals surface area (Å²) in [6.07, 6.45) is 2.18. The molecule has 3 aromatic rings. The van der Waals surface area contributed by atoms with E-state index in [9.17, 15) is 4.79 Å². The molecule has 4 heteroatoms. The van der Waals surface area contributed by atoms with E-state index in [0.717, 1.165) is 40.8 Å². The van der Waals surface area contributed by atoms with E-state index in [0.29, 0.717) is 6.54 Å². The van der Waals surface area contributed by atoms with Crippen LogP contribution in [0.2, 0.25) is 0 Å². The third-order valence-electron chi connectivity index (χ3n) is 3.54. The van der Waals surface area contributed by atoms with Gasteiger partial charge in [-0.05, 0) is 36.2 Å². The third-order valence-corrected chi connectivity index (χ3v) is 4.61. The molecule has 0 aliphatic heterocycles. The first-order valence-corrected chi connectivity index (χ1v) is 8.36. The number of aromatic nitrogens is 1. The molecule has 0 aliphatic carbocycles. The standard InChI is InChI=1S/C18H19NO2S/c1-2-3-11-21-15-8-6-7-14(12-15)13-19-18(20)16-9-4-5-10-17(16)22-19/h4-10,12H,2-3,11,13H2,1H3. The van der Waals surface area contributed by atoms with Gasteiger partial charge in [-0.2, -0.15) is 0 Å². The van der Waals surface area contributed by atoms with Gasteiger partial charge >= 0.3 is 0 Å². The van der Waals surface area contributed by atoms with Crippen molar-refractivity contribution in [2.45, 2.75) is 26.3 Å². The second-order valence-electron chi connectivity index (χ2n) is 5.28. The lowest BCUT2D eigenvalue weighted by Crippen LogP contribution is -2.13. The molecule has 0 atom stereocenters. The zero-order valence-corrected chi connectivity index (χ0v) is 13.4. The van der Waals surface area contributed by atoms with Crippen LogP contribution >= 0.6 is 11.5 Å². The van der Waals surface area contributed by atoms with Crippen molar-refractivity contribution in [2.75, 3.05) is 6.61 Å². The third kappa shape index (κ3) is 3.22. The van der Waals surface area contributed by atoms with Crippen LogP contribution in [0.4, 0.5) is 0 Å². The molecule has 0 fully saturated rings. The maximum absolute atomic E-state index is 12.4. The van der Waals surface area contributed by atoms with Gasteiger partial charge in [-0.3, -0.25) is 8.75 Å². The van der Waals surface area contributed by atoms with Gasteiger partial charge in [0.1, 0.15) is 5.75 Å². The summed E-state index contributed by atoms with van der Waals surface area (Å²) >= 11 is 1.51. The lowest BCUT2D eigenvalue weighted by atomic mass is 10.2. The zero-order chi connectivity index (χ0) is 15.4. The summed E-state index contributed by atoms with van der Waals surface area (Å²) in [4.78, 5) is 12.4. The van der Waals surface area contributed by atoms with E-state index in [-0.39, 0.29) is 5.56 Å². The van der Waals surface area contributed by atoms with E-state index in [1.54, 1.807) is 3.96 Å².